The van der Waals surface area contributed by atoms with Crippen LogP contribution in [0.1, 0.15) is 27.7 Å². The van der Waals surface area contributed by atoms with Crippen molar-refractivity contribution in [3.05, 3.63) is 40.6 Å². The van der Waals surface area contributed by atoms with Crippen LogP contribution in [0.3, 0.4) is 0 Å². The predicted octanol–water partition coefficient (Wildman–Crippen LogP) is 2.31. The maximum atomic E-state index is 11.8. The van der Waals surface area contributed by atoms with E-state index in [4.69, 9.17) is 0 Å². The SMILES string of the molecule is O=C1CC(n2ccnc2)Cc2sccc21. The Morgan fingerprint density at radius 1 is 1.47 bits per heavy atom. The Labute approximate surface area is 91.4 Å². The molecule has 0 fully saturated rings. The van der Waals surface area contributed by atoms with E-state index in [2.05, 4.69) is 4.98 Å². The highest BCUT2D eigenvalue weighted by molar-refractivity contribution is 7.10. The fourth-order valence-corrected chi connectivity index (χ4v) is 3.02. The van der Waals surface area contributed by atoms with Crippen molar-refractivity contribution in [1.29, 1.82) is 0 Å². The summed E-state index contributed by atoms with van der Waals surface area (Å²) in [6.45, 7) is 0. The maximum Gasteiger partial charge on any atom is 0.166 e. The van der Waals surface area contributed by atoms with E-state index in [1.165, 1.54) is 4.88 Å². The molecule has 0 saturated carbocycles. The molecule has 0 N–H and O–H groups in total. The summed E-state index contributed by atoms with van der Waals surface area (Å²) in [6, 6.07) is 2.19. The minimum absolute atomic E-state index is 0.256. The Kier molecular flexibility index (Phi) is 1.95. The van der Waals surface area contributed by atoms with E-state index in [1.54, 1.807) is 23.9 Å². The second-order valence-corrected chi connectivity index (χ2v) is 4.75. The number of nitrogens with zero attached hydrogens (tertiary/aromatic N) is 2. The molecule has 1 atom stereocenters. The van der Waals surface area contributed by atoms with E-state index in [0.29, 0.717) is 6.42 Å². The average Bonchev–Trinajstić information content (AvgIpc) is 2.88. The average molecular weight is 218 g/mol. The van der Waals surface area contributed by atoms with Crippen LogP contribution in [0.15, 0.2) is 30.2 Å². The van der Waals surface area contributed by atoms with Gasteiger partial charge in [0.15, 0.2) is 5.78 Å². The zero-order valence-corrected chi connectivity index (χ0v) is 8.91. The Morgan fingerprint density at radius 3 is 3.20 bits per heavy atom. The van der Waals surface area contributed by atoms with Gasteiger partial charge in [-0.25, -0.2) is 4.98 Å². The summed E-state index contributed by atoms with van der Waals surface area (Å²) < 4.78 is 2.03. The molecule has 0 radical (unpaired) electrons. The lowest BCUT2D eigenvalue weighted by Crippen LogP contribution is -2.20. The highest BCUT2D eigenvalue weighted by Crippen LogP contribution is 2.31. The zero-order valence-electron chi connectivity index (χ0n) is 8.09. The number of carbonyl (C=O) groups is 1. The van der Waals surface area contributed by atoms with E-state index in [0.717, 1.165) is 12.0 Å². The summed E-state index contributed by atoms with van der Waals surface area (Å²) in [4.78, 5) is 17.1. The number of Topliss-reactive ketones (excluding diaryl/α,β-unsaturated/α-hetero) is 1. The monoisotopic (exact) mass is 218 g/mol. The third kappa shape index (κ3) is 1.41. The van der Waals surface area contributed by atoms with Crippen LogP contribution in [0, 0.1) is 0 Å². The Bertz CT molecular complexity index is 486. The molecule has 3 rings (SSSR count). The van der Waals surface area contributed by atoms with Crippen molar-refractivity contribution in [2.24, 2.45) is 0 Å². The standard InChI is InChI=1S/C11H10N2OS/c14-10-5-8(13-3-2-12-7-13)6-11-9(10)1-4-15-11/h1-4,7-8H,5-6H2. The van der Waals surface area contributed by atoms with E-state index in [-0.39, 0.29) is 11.8 Å². The van der Waals surface area contributed by atoms with Crippen LogP contribution < -0.4 is 0 Å². The molecule has 0 bridgehead atoms. The van der Waals surface area contributed by atoms with E-state index in [9.17, 15) is 4.79 Å². The number of hydrogen-bond acceptors (Lipinski definition) is 3. The van der Waals surface area contributed by atoms with Crippen LogP contribution in [0.25, 0.3) is 0 Å². The minimum atomic E-state index is 0.256. The van der Waals surface area contributed by atoms with Crippen LogP contribution in [0.5, 0.6) is 0 Å². The molecular formula is C11H10N2OS. The highest BCUT2D eigenvalue weighted by Gasteiger charge is 2.26. The van der Waals surface area contributed by atoms with Gasteiger partial charge in [0.05, 0.1) is 6.33 Å². The second kappa shape index (κ2) is 3.31. The van der Waals surface area contributed by atoms with Gasteiger partial charge < -0.3 is 4.57 Å². The molecule has 2 aromatic heterocycles. The molecule has 0 amide bonds. The van der Waals surface area contributed by atoms with Crippen LogP contribution in [-0.4, -0.2) is 15.3 Å². The zero-order chi connectivity index (χ0) is 10.3. The number of carbonyl (C=O) groups excluding carboxylic acids is 1. The van der Waals surface area contributed by atoms with Crippen molar-refractivity contribution in [2.75, 3.05) is 0 Å². The molecule has 1 aliphatic carbocycles. The molecule has 1 aliphatic rings. The number of rotatable bonds is 1. The van der Waals surface area contributed by atoms with Crippen molar-refractivity contribution < 1.29 is 4.79 Å². The van der Waals surface area contributed by atoms with E-state index >= 15 is 0 Å². The first kappa shape index (κ1) is 8.85. The van der Waals surface area contributed by atoms with E-state index in [1.807, 2.05) is 22.2 Å². The van der Waals surface area contributed by atoms with Crippen molar-refractivity contribution >= 4 is 17.1 Å². The molecule has 0 saturated heterocycles. The van der Waals surface area contributed by atoms with Gasteiger partial charge in [-0.15, -0.1) is 11.3 Å². The van der Waals surface area contributed by atoms with Gasteiger partial charge in [-0.05, 0) is 11.4 Å². The first-order valence-corrected chi connectivity index (χ1v) is 5.79. The minimum Gasteiger partial charge on any atom is -0.334 e. The molecule has 76 valence electrons. The summed E-state index contributed by atoms with van der Waals surface area (Å²) in [7, 11) is 0. The lowest BCUT2D eigenvalue weighted by Gasteiger charge is -2.22. The normalized spacial score (nSPS) is 20.3. The molecule has 1 unspecified atom stereocenters. The van der Waals surface area contributed by atoms with Crippen molar-refractivity contribution in [3.8, 4) is 0 Å². The summed E-state index contributed by atoms with van der Waals surface area (Å²) >= 11 is 1.68. The van der Waals surface area contributed by atoms with Gasteiger partial charge in [0, 0.05) is 41.7 Å². The van der Waals surface area contributed by atoms with Crippen molar-refractivity contribution in [1.82, 2.24) is 9.55 Å². The number of fused-ring (bicyclic) bond motifs is 1. The number of imidazole rings is 1. The van der Waals surface area contributed by atoms with E-state index < -0.39 is 0 Å². The van der Waals surface area contributed by atoms with Crippen LogP contribution in [0.4, 0.5) is 0 Å². The van der Waals surface area contributed by atoms with Gasteiger partial charge in [0.25, 0.3) is 0 Å². The van der Waals surface area contributed by atoms with Gasteiger partial charge in [-0.3, -0.25) is 4.79 Å². The molecule has 15 heavy (non-hydrogen) atoms. The van der Waals surface area contributed by atoms with Gasteiger partial charge in [0.1, 0.15) is 0 Å². The quantitative estimate of drug-likeness (QED) is 0.736. The van der Waals surface area contributed by atoms with Crippen LogP contribution >= 0.6 is 11.3 Å². The Balaban J connectivity index is 1.96. The third-order valence-electron chi connectivity index (χ3n) is 2.83. The fourth-order valence-electron chi connectivity index (χ4n) is 2.05. The summed E-state index contributed by atoms with van der Waals surface area (Å²) in [6.07, 6.45) is 7.02. The van der Waals surface area contributed by atoms with Gasteiger partial charge in [-0.2, -0.15) is 0 Å². The predicted molar refractivity (Wildman–Crippen MR) is 58.2 cm³/mol. The number of aromatic nitrogens is 2. The second-order valence-electron chi connectivity index (χ2n) is 3.75. The number of ketones is 1. The molecule has 3 nitrogen and oxygen atoms in total. The Morgan fingerprint density at radius 2 is 2.40 bits per heavy atom. The molecular weight excluding hydrogens is 208 g/mol. The number of thiophene rings is 1. The maximum absolute atomic E-state index is 11.8. The highest BCUT2D eigenvalue weighted by atomic mass is 32.1. The van der Waals surface area contributed by atoms with Crippen molar-refractivity contribution in [2.45, 2.75) is 18.9 Å². The molecule has 0 aromatic carbocycles. The lowest BCUT2D eigenvalue weighted by molar-refractivity contribution is 0.0952. The largest absolute Gasteiger partial charge is 0.334 e. The van der Waals surface area contributed by atoms with Crippen LogP contribution in [-0.2, 0) is 6.42 Å². The fraction of sp³-hybridized carbons (Fsp3) is 0.273. The van der Waals surface area contributed by atoms with Gasteiger partial charge >= 0.3 is 0 Å². The molecule has 2 heterocycles. The third-order valence-corrected chi connectivity index (χ3v) is 3.78. The number of hydrogen-bond donors (Lipinski definition) is 0. The first-order valence-electron chi connectivity index (χ1n) is 4.91. The lowest BCUT2D eigenvalue weighted by atomic mass is 9.93. The van der Waals surface area contributed by atoms with Crippen LogP contribution in [0.2, 0.25) is 0 Å². The topological polar surface area (TPSA) is 34.9 Å². The summed E-state index contributed by atoms with van der Waals surface area (Å²) in [5.41, 5.74) is 0.927. The molecule has 4 heteroatoms. The molecule has 0 aliphatic heterocycles. The van der Waals surface area contributed by atoms with Gasteiger partial charge in [0.2, 0.25) is 0 Å². The first-order chi connectivity index (χ1) is 7.34. The summed E-state index contributed by atoms with van der Waals surface area (Å²) in [5.74, 6) is 0.260. The molecule has 2 aromatic rings. The summed E-state index contributed by atoms with van der Waals surface area (Å²) in [5, 5.41) is 2.00. The van der Waals surface area contributed by atoms with Crippen molar-refractivity contribution in [3.63, 3.8) is 0 Å². The smallest absolute Gasteiger partial charge is 0.166 e. The Hall–Kier alpha value is -1.42. The molecule has 0 spiro atoms. The van der Waals surface area contributed by atoms with Gasteiger partial charge in [-0.1, -0.05) is 0 Å².